The number of carbonyl (C=O) groups excluding carboxylic acids is 1. The Morgan fingerprint density at radius 1 is 1.15 bits per heavy atom. The van der Waals surface area contributed by atoms with Crippen LogP contribution >= 0.6 is 0 Å². The maximum atomic E-state index is 12.4. The second-order valence-corrected chi connectivity index (χ2v) is 6.47. The Morgan fingerprint density at radius 3 is 2.42 bits per heavy atom. The van der Waals surface area contributed by atoms with Crippen LogP contribution in [0.4, 0.5) is 13.2 Å². The van der Waals surface area contributed by atoms with E-state index in [1.807, 2.05) is 30.3 Å². The summed E-state index contributed by atoms with van der Waals surface area (Å²) >= 11 is 0. The predicted molar refractivity (Wildman–Crippen MR) is 92.5 cm³/mol. The smallest absolute Gasteiger partial charge is 0.372 e. The number of benzene rings is 1. The lowest BCUT2D eigenvalue weighted by atomic mass is 10.0. The summed E-state index contributed by atoms with van der Waals surface area (Å²) in [6.07, 6.45) is -3.45. The van der Waals surface area contributed by atoms with E-state index in [4.69, 9.17) is 5.73 Å². The number of amides is 1. The zero-order valence-electron chi connectivity index (χ0n) is 14.8. The van der Waals surface area contributed by atoms with Gasteiger partial charge < -0.3 is 15.4 Å². The maximum Gasteiger partial charge on any atom is 0.411 e. The highest BCUT2D eigenvalue weighted by molar-refractivity contribution is 5.77. The quantitative estimate of drug-likeness (QED) is 0.710. The van der Waals surface area contributed by atoms with Crippen molar-refractivity contribution in [2.24, 2.45) is 5.73 Å². The first-order chi connectivity index (χ1) is 12.3. The fraction of sp³-hybridized carbons (Fsp3) is 0.611. The molecule has 1 heterocycles. The van der Waals surface area contributed by atoms with Crippen LogP contribution < -0.4 is 5.73 Å². The molecule has 0 aliphatic carbocycles. The lowest BCUT2D eigenvalue weighted by Gasteiger charge is -2.35. The summed E-state index contributed by atoms with van der Waals surface area (Å²) in [4.78, 5) is 16.3. The average Bonchev–Trinajstić information content (AvgIpc) is 2.61. The molecule has 1 amide bonds. The molecule has 1 fully saturated rings. The molecule has 2 rings (SSSR count). The zero-order chi connectivity index (χ0) is 19.0. The van der Waals surface area contributed by atoms with E-state index < -0.39 is 12.8 Å². The molecule has 0 radical (unpaired) electrons. The van der Waals surface area contributed by atoms with Gasteiger partial charge in [0.2, 0.25) is 5.91 Å². The van der Waals surface area contributed by atoms with E-state index in [0.29, 0.717) is 39.1 Å². The van der Waals surface area contributed by atoms with E-state index in [2.05, 4.69) is 9.64 Å². The minimum absolute atomic E-state index is 0.0366. The molecule has 8 heteroatoms. The molecule has 146 valence electrons. The molecule has 5 nitrogen and oxygen atoms in total. The summed E-state index contributed by atoms with van der Waals surface area (Å²) in [5.74, 6) is 0.0366. The summed E-state index contributed by atoms with van der Waals surface area (Å²) in [6.45, 7) is 2.22. The van der Waals surface area contributed by atoms with Crippen LogP contribution in [0.5, 0.6) is 0 Å². The molecule has 0 spiro atoms. The summed E-state index contributed by atoms with van der Waals surface area (Å²) in [6, 6.07) is 9.22. The largest absolute Gasteiger partial charge is 0.411 e. The Labute approximate surface area is 151 Å². The molecule has 2 N–H and O–H groups in total. The van der Waals surface area contributed by atoms with Gasteiger partial charge in [0, 0.05) is 51.8 Å². The van der Waals surface area contributed by atoms with Gasteiger partial charge in [-0.25, -0.2) is 0 Å². The van der Waals surface area contributed by atoms with Crippen LogP contribution in [-0.4, -0.2) is 67.8 Å². The van der Waals surface area contributed by atoms with Gasteiger partial charge in [0.15, 0.2) is 0 Å². The number of rotatable bonds is 8. The van der Waals surface area contributed by atoms with Crippen LogP contribution in [0.3, 0.4) is 0 Å². The highest BCUT2D eigenvalue weighted by Crippen LogP contribution is 2.16. The van der Waals surface area contributed by atoms with Crippen molar-refractivity contribution in [1.29, 1.82) is 0 Å². The summed E-state index contributed by atoms with van der Waals surface area (Å²) < 4.78 is 40.5. The van der Waals surface area contributed by atoms with Gasteiger partial charge in [-0.3, -0.25) is 9.69 Å². The van der Waals surface area contributed by atoms with Gasteiger partial charge in [0.1, 0.15) is 6.61 Å². The molecule has 1 aromatic carbocycles. The predicted octanol–water partition coefficient (Wildman–Crippen LogP) is 2.19. The van der Waals surface area contributed by atoms with E-state index in [1.54, 1.807) is 4.90 Å². The van der Waals surface area contributed by atoms with Crippen molar-refractivity contribution in [3.05, 3.63) is 35.9 Å². The Bertz CT molecular complexity index is 546. The lowest BCUT2D eigenvalue weighted by molar-refractivity contribution is -0.174. The van der Waals surface area contributed by atoms with Crippen LogP contribution in [0.25, 0.3) is 0 Å². The Hall–Kier alpha value is -1.64. The standard InChI is InChI=1S/C18H26F3N3O2/c19-18(20,21)14-26-12-4-7-23-8-10-24(11-9-23)17(25)13-16(22)15-5-2-1-3-6-15/h1-3,5-6,16H,4,7-14,22H2. The Morgan fingerprint density at radius 2 is 1.81 bits per heavy atom. The van der Waals surface area contributed by atoms with Crippen molar-refractivity contribution >= 4 is 5.91 Å². The van der Waals surface area contributed by atoms with Crippen molar-refractivity contribution in [3.63, 3.8) is 0 Å². The maximum absolute atomic E-state index is 12.4. The molecule has 0 bridgehead atoms. The molecule has 26 heavy (non-hydrogen) atoms. The van der Waals surface area contributed by atoms with Gasteiger partial charge in [-0.15, -0.1) is 0 Å². The fourth-order valence-electron chi connectivity index (χ4n) is 2.93. The first kappa shape index (κ1) is 20.7. The summed E-state index contributed by atoms with van der Waals surface area (Å²) in [5.41, 5.74) is 7.05. The van der Waals surface area contributed by atoms with Crippen molar-refractivity contribution < 1.29 is 22.7 Å². The molecule has 1 atom stereocenters. The molecule has 1 saturated heterocycles. The first-order valence-corrected chi connectivity index (χ1v) is 8.80. The molecule has 0 saturated carbocycles. The highest BCUT2D eigenvalue weighted by Gasteiger charge is 2.27. The van der Waals surface area contributed by atoms with Crippen molar-refractivity contribution in [2.75, 3.05) is 45.9 Å². The lowest BCUT2D eigenvalue weighted by Crippen LogP contribution is -2.49. The number of hydrogen-bond acceptors (Lipinski definition) is 4. The summed E-state index contributed by atoms with van der Waals surface area (Å²) in [7, 11) is 0. The van der Waals surface area contributed by atoms with Gasteiger partial charge in [-0.05, 0) is 12.0 Å². The SMILES string of the molecule is NC(CC(=O)N1CCN(CCCOCC(F)(F)F)CC1)c1ccccc1. The topological polar surface area (TPSA) is 58.8 Å². The van der Waals surface area contributed by atoms with Crippen LogP contribution in [0, 0.1) is 0 Å². The fourth-order valence-corrected chi connectivity index (χ4v) is 2.93. The third-order valence-corrected chi connectivity index (χ3v) is 4.38. The van der Waals surface area contributed by atoms with Gasteiger partial charge in [0.25, 0.3) is 0 Å². The van der Waals surface area contributed by atoms with E-state index in [1.165, 1.54) is 0 Å². The molecule has 1 unspecified atom stereocenters. The highest BCUT2D eigenvalue weighted by atomic mass is 19.4. The monoisotopic (exact) mass is 373 g/mol. The number of nitrogens with zero attached hydrogens (tertiary/aromatic N) is 2. The van der Waals surface area contributed by atoms with Gasteiger partial charge in [-0.1, -0.05) is 30.3 Å². The number of piperazine rings is 1. The molecule has 1 aliphatic rings. The number of ether oxygens (including phenoxy) is 1. The van der Waals surface area contributed by atoms with Gasteiger partial charge >= 0.3 is 6.18 Å². The third kappa shape index (κ3) is 7.31. The molecule has 1 aromatic rings. The number of nitrogens with two attached hydrogens (primary N) is 1. The number of alkyl halides is 3. The number of carbonyl (C=O) groups is 1. The molecular weight excluding hydrogens is 347 g/mol. The second kappa shape index (κ2) is 9.89. The molecule has 0 aromatic heterocycles. The number of hydrogen-bond donors (Lipinski definition) is 1. The number of halogens is 3. The minimum Gasteiger partial charge on any atom is -0.372 e. The van der Waals surface area contributed by atoms with Crippen LogP contribution in [0.15, 0.2) is 30.3 Å². The van der Waals surface area contributed by atoms with Crippen LogP contribution in [-0.2, 0) is 9.53 Å². The average molecular weight is 373 g/mol. The van der Waals surface area contributed by atoms with Crippen LogP contribution in [0.1, 0.15) is 24.4 Å². The van der Waals surface area contributed by atoms with E-state index in [0.717, 1.165) is 5.56 Å². The van der Waals surface area contributed by atoms with Crippen molar-refractivity contribution in [1.82, 2.24) is 9.80 Å². The Kier molecular flexibility index (Phi) is 7.86. The second-order valence-electron chi connectivity index (χ2n) is 6.47. The minimum atomic E-state index is -4.27. The van der Waals surface area contributed by atoms with E-state index >= 15 is 0 Å². The first-order valence-electron chi connectivity index (χ1n) is 8.80. The van der Waals surface area contributed by atoms with Gasteiger partial charge in [0.05, 0.1) is 0 Å². The Balaban J connectivity index is 1.62. The zero-order valence-corrected chi connectivity index (χ0v) is 14.8. The normalized spacial score (nSPS) is 17.3. The van der Waals surface area contributed by atoms with Crippen LogP contribution in [0.2, 0.25) is 0 Å². The van der Waals surface area contributed by atoms with Gasteiger partial charge in [-0.2, -0.15) is 13.2 Å². The summed E-state index contributed by atoms with van der Waals surface area (Å²) in [5, 5.41) is 0. The molecular formula is C18H26F3N3O2. The van der Waals surface area contributed by atoms with E-state index in [9.17, 15) is 18.0 Å². The third-order valence-electron chi connectivity index (χ3n) is 4.38. The van der Waals surface area contributed by atoms with Crippen molar-refractivity contribution in [3.8, 4) is 0 Å². The van der Waals surface area contributed by atoms with Crippen molar-refractivity contribution in [2.45, 2.75) is 25.1 Å². The van der Waals surface area contributed by atoms with E-state index in [-0.39, 0.29) is 25.0 Å². The molecule has 1 aliphatic heterocycles.